The summed E-state index contributed by atoms with van der Waals surface area (Å²) in [6.07, 6.45) is 20.6. The molecule has 0 aliphatic heterocycles. The van der Waals surface area contributed by atoms with Gasteiger partial charge in [-0.1, -0.05) is 191 Å². The Labute approximate surface area is 318 Å². The van der Waals surface area contributed by atoms with Crippen LogP contribution in [0.1, 0.15) is 31.4 Å². The van der Waals surface area contributed by atoms with Crippen LogP contribution in [0.4, 0.5) is 0 Å². The lowest BCUT2D eigenvalue weighted by molar-refractivity contribution is 0.783. The van der Waals surface area contributed by atoms with Crippen molar-refractivity contribution in [1.82, 2.24) is 0 Å². The van der Waals surface area contributed by atoms with E-state index in [1.165, 1.54) is 92.8 Å². The third-order valence-electron chi connectivity index (χ3n) is 11.2. The summed E-state index contributed by atoms with van der Waals surface area (Å²) in [5.41, 5.74) is 11.1. The largest absolute Gasteiger partial charge is 0.0990 e. The fourth-order valence-electron chi connectivity index (χ4n) is 8.82. The summed E-state index contributed by atoms with van der Waals surface area (Å²) in [6, 6.07) is 45.4. The molecule has 0 aromatic heterocycles. The second-order valence-corrected chi connectivity index (χ2v) is 14.1. The second-order valence-electron chi connectivity index (χ2n) is 14.1. The summed E-state index contributed by atoms with van der Waals surface area (Å²) >= 11 is 0. The molecule has 2 aliphatic carbocycles. The first-order valence-corrected chi connectivity index (χ1v) is 19.2. The molecule has 0 radical (unpaired) electrons. The Kier molecular flexibility index (Phi) is 8.53. The highest BCUT2D eigenvalue weighted by Crippen LogP contribution is 2.48. The van der Waals surface area contributed by atoms with Crippen LogP contribution in [0.5, 0.6) is 0 Å². The first-order chi connectivity index (χ1) is 26.7. The summed E-state index contributed by atoms with van der Waals surface area (Å²) in [7, 11) is 0. The molecule has 54 heavy (non-hydrogen) atoms. The van der Waals surface area contributed by atoms with Gasteiger partial charge >= 0.3 is 0 Å². The molecular weight excluding hydrogens is 649 g/mol. The SMILES string of the molecule is C=C/C=C(\C=C)c1ccc2c(-c3ccc4ccc5cccc6ccc3c4c56)c3cc(-c4ccccc4)ccc3c(C3=CCC4C=CC=CC4=C3)c2c1.CC. The summed E-state index contributed by atoms with van der Waals surface area (Å²) in [6.45, 7) is 12.2. The highest BCUT2D eigenvalue weighted by molar-refractivity contribution is 6.29. The third-order valence-corrected chi connectivity index (χ3v) is 11.2. The first-order valence-electron chi connectivity index (χ1n) is 19.2. The minimum atomic E-state index is 0.422. The van der Waals surface area contributed by atoms with E-state index >= 15 is 0 Å². The summed E-state index contributed by atoms with van der Waals surface area (Å²) in [4.78, 5) is 0. The van der Waals surface area contributed by atoms with Gasteiger partial charge in [-0.2, -0.15) is 0 Å². The van der Waals surface area contributed by atoms with Gasteiger partial charge in [-0.05, 0) is 123 Å². The van der Waals surface area contributed by atoms with Gasteiger partial charge in [0.1, 0.15) is 0 Å². The number of allylic oxidation sites excluding steroid dienone is 12. The molecule has 0 fully saturated rings. The standard InChI is InChI=1S/C52H36.C2H6/c1-3-11-33(4-2)40-24-29-46-47(31-40)50(42-21-18-35-14-8-9-15-39(35)30-42)45-28-25-41(34-12-6-5-7-13-34)32-48(45)52(46)44-27-23-38-20-19-36-16-10-17-37-22-26-43(44)51(38)49(36)37;1-2/h3-17,19-32,35H,1-2,18H2;1-2H3/b33-11+;. The molecule has 0 nitrogen and oxygen atoms in total. The van der Waals surface area contributed by atoms with Crippen molar-refractivity contribution in [3.63, 3.8) is 0 Å². The lowest BCUT2D eigenvalue weighted by Crippen LogP contribution is -2.06. The van der Waals surface area contributed by atoms with Gasteiger partial charge in [0.2, 0.25) is 0 Å². The van der Waals surface area contributed by atoms with Crippen molar-refractivity contribution in [2.75, 3.05) is 0 Å². The topological polar surface area (TPSA) is 0 Å². The molecule has 0 heteroatoms. The number of fused-ring (bicyclic) bond motifs is 3. The van der Waals surface area contributed by atoms with E-state index in [0.29, 0.717) is 5.92 Å². The van der Waals surface area contributed by atoms with Crippen molar-refractivity contribution >= 4 is 65.0 Å². The Balaban J connectivity index is 0.00000189. The molecule has 0 saturated heterocycles. The molecule has 1 unspecified atom stereocenters. The number of hydrogen-bond donors (Lipinski definition) is 0. The molecule has 258 valence electrons. The maximum Gasteiger partial charge on any atom is 0.00561 e. The van der Waals surface area contributed by atoms with Crippen LogP contribution in [0.25, 0.3) is 87.3 Å². The van der Waals surface area contributed by atoms with Crippen molar-refractivity contribution in [2.24, 2.45) is 5.92 Å². The minimum absolute atomic E-state index is 0.422. The summed E-state index contributed by atoms with van der Waals surface area (Å²) < 4.78 is 0. The molecule has 0 spiro atoms. The van der Waals surface area contributed by atoms with Crippen molar-refractivity contribution in [2.45, 2.75) is 20.3 Å². The van der Waals surface area contributed by atoms with Crippen LogP contribution in [0, 0.1) is 5.92 Å². The van der Waals surface area contributed by atoms with E-state index in [1.54, 1.807) is 0 Å². The zero-order valence-electron chi connectivity index (χ0n) is 30.9. The molecule has 0 bridgehead atoms. The lowest BCUT2D eigenvalue weighted by Gasteiger charge is -2.25. The molecule has 10 rings (SSSR count). The van der Waals surface area contributed by atoms with E-state index in [9.17, 15) is 0 Å². The predicted octanol–water partition coefficient (Wildman–Crippen LogP) is 15.5. The maximum atomic E-state index is 4.17. The van der Waals surface area contributed by atoms with Crippen LogP contribution in [-0.2, 0) is 0 Å². The summed E-state index contributed by atoms with van der Waals surface area (Å²) in [5.74, 6) is 0.422. The Morgan fingerprint density at radius 1 is 0.611 bits per heavy atom. The summed E-state index contributed by atoms with van der Waals surface area (Å²) in [5, 5.41) is 12.8. The molecule has 0 saturated carbocycles. The van der Waals surface area contributed by atoms with E-state index in [-0.39, 0.29) is 0 Å². The molecule has 8 aromatic carbocycles. The van der Waals surface area contributed by atoms with Crippen molar-refractivity contribution < 1.29 is 0 Å². The van der Waals surface area contributed by atoms with Crippen LogP contribution in [0.15, 0.2) is 195 Å². The van der Waals surface area contributed by atoms with E-state index in [2.05, 4.69) is 177 Å². The molecule has 8 aromatic rings. The van der Waals surface area contributed by atoms with Crippen LogP contribution in [0.3, 0.4) is 0 Å². The molecule has 0 amide bonds. The molecular formula is C54H42. The Morgan fingerprint density at radius 2 is 1.31 bits per heavy atom. The van der Waals surface area contributed by atoms with Gasteiger partial charge < -0.3 is 0 Å². The van der Waals surface area contributed by atoms with Crippen molar-refractivity contribution in [3.05, 3.63) is 206 Å². The minimum Gasteiger partial charge on any atom is -0.0990 e. The van der Waals surface area contributed by atoms with Gasteiger partial charge in [-0.25, -0.2) is 0 Å². The first kappa shape index (κ1) is 33.3. The van der Waals surface area contributed by atoms with Gasteiger partial charge in [-0.3, -0.25) is 0 Å². The van der Waals surface area contributed by atoms with Crippen molar-refractivity contribution in [3.8, 4) is 22.3 Å². The van der Waals surface area contributed by atoms with E-state index in [0.717, 1.165) is 17.6 Å². The van der Waals surface area contributed by atoms with Gasteiger partial charge in [-0.15, -0.1) is 0 Å². The number of rotatable bonds is 6. The fraction of sp³-hybridized carbons (Fsp3) is 0.0741. The number of hydrogen-bond acceptors (Lipinski definition) is 0. The van der Waals surface area contributed by atoms with Crippen LogP contribution in [0.2, 0.25) is 0 Å². The Bertz CT molecular complexity index is 2920. The zero-order valence-corrected chi connectivity index (χ0v) is 30.9. The fourth-order valence-corrected chi connectivity index (χ4v) is 8.82. The van der Waals surface area contributed by atoms with Crippen LogP contribution in [-0.4, -0.2) is 0 Å². The molecule has 2 aliphatic rings. The Morgan fingerprint density at radius 3 is 2.11 bits per heavy atom. The van der Waals surface area contributed by atoms with Gasteiger partial charge in [0, 0.05) is 5.92 Å². The van der Waals surface area contributed by atoms with E-state index in [1.807, 2.05) is 26.0 Å². The molecule has 1 atom stereocenters. The predicted molar refractivity (Wildman–Crippen MR) is 238 cm³/mol. The maximum absolute atomic E-state index is 4.17. The van der Waals surface area contributed by atoms with Gasteiger partial charge in [0.05, 0.1) is 0 Å². The normalized spacial score (nSPS) is 15.3. The van der Waals surface area contributed by atoms with Crippen LogP contribution < -0.4 is 0 Å². The Hall–Kier alpha value is -6.50. The van der Waals surface area contributed by atoms with E-state index < -0.39 is 0 Å². The molecule has 0 heterocycles. The average Bonchev–Trinajstić information content (AvgIpc) is 3.24. The van der Waals surface area contributed by atoms with Crippen LogP contribution >= 0.6 is 0 Å². The van der Waals surface area contributed by atoms with E-state index in [4.69, 9.17) is 0 Å². The number of benzene rings is 8. The monoisotopic (exact) mass is 690 g/mol. The van der Waals surface area contributed by atoms with Crippen molar-refractivity contribution in [1.29, 1.82) is 0 Å². The highest BCUT2D eigenvalue weighted by atomic mass is 14.3. The zero-order chi connectivity index (χ0) is 36.8. The quantitative estimate of drug-likeness (QED) is 0.0925. The van der Waals surface area contributed by atoms with Gasteiger partial charge in [0.15, 0.2) is 0 Å². The second kappa shape index (κ2) is 13.8. The average molecular weight is 691 g/mol. The lowest BCUT2D eigenvalue weighted by atomic mass is 9.79. The third kappa shape index (κ3) is 5.37. The molecule has 0 N–H and O–H groups in total. The highest BCUT2D eigenvalue weighted by Gasteiger charge is 2.24. The smallest absolute Gasteiger partial charge is 0.00561 e. The van der Waals surface area contributed by atoms with Gasteiger partial charge in [0.25, 0.3) is 0 Å².